The van der Waals surface area contributed by atoms with E-state index in [4.69, 9.17) is 0 Å². The molecule has 0 spiro atoms. The highest BCUT2D eigenvalue weighted by Crippen LogP contribution is 2.27. The minimum absolute atomic E-state index is 0.0393. The third-order valence-corrected chi connectivity index (χ3v) is 2.58. The zero-order valence-corrected chi connectivity index (χ0v) is 7.58. The van der Waals surface area contributed by atoms with Gasteiger partial charge in [-0.2, -0.15) is 0 Å². The van der Waals surface area contributed by atoms with Crippen LogP contribution in [0.3, 0.4) is 0 Å². The van der Waals surface area contributed by atoms with E-state index in [-0.39, 0.29) is 17.9 Å². The van der Waals surface area contributed by atoms with Gasteiger partial charge in [-0.3, -0.25) is 4.79 Å². The number of nitrogens with one attached hydrogen (secondary N) is 1. The van der Waals surface area contributed by atoms with Crippen LogP contribution in [0.25, 0.3) is 0 Å². The fraction of sp³-hybridized carbons (Fsp3) is 0.500. The van der Waals surface area contributed by atoms with Gasteiger partial charge in [0, 0.05) is 18.0 Å². The molecular weight excluding hydrogens is 166 g/mol. The number of carbonyl (C=O) groups is 1. The highest BCUT2D eigenvalue weighted by Gasteiger charge is 2.26. The maximum Gasteiger partial charge on any atom is 0.227 e. The number of aliphatic hydroxyl groups is 1. The number of allylic oxidation sites excluding steroid dienone is 1. The Balaban J connectivity index is 2.25. The Morgan fingerprint density at radius 1 is 1.54 bits per heavy atom. The van der Waals surface area contributed by atoms with Gasteiger partial charge < -0.3 is 10.4 Å². The first kappa shape index (κ1) is 8.51. The average Bonchev–Trinajstić information content (AvgIpc) is 2.08. The molecule has 1 aliphatic carbocycles. The Morgan fingerprint density at radius 3 is 3.08 bits per heavy atom. The summed E-state index contributed by atoms with van der Waals surface area (Å²) in [4.78, 5) is 11.3. The summed E-state index contributed by atoms with van der Waals surface area (Å²) in [6, 6.07) is 0. The lowest BCUT2D eigenvalue weighted by Gasteiger charge is -2.27. The number of hydrogen-bond donors (Lipinski definition) is 2. The molecule has 0 aromatic carbocycles. The third kappa shape index (κ3) is 1.52. The molecule has 2 aliphatic rings. The van der Waals surface area contributed by atoms with Gasteiger partial charge in [0.15, 0.2) is 0 Å². The lowest BCUT2D eigenvalue weighted by atomic mass is 9.88. The average molecular weight is 179 g/mol. The molecule has 13 heavy (non-hydrogen) atoms. The topological polar surface area (TPSA) is 49.3 Å². The molecule has 2 rings (SSSR count). The Morgan fingerprint density at radius 2 is 2.31 bits per heavy atom. The molecule has 1 amide bonds. The zero-order chi connectivity index (χ0) is 9.42. The molecule has 2 atom stereocenters. The zero-order valence-electron chi connectivity index (χ0n) is 7.58. The van der Waals surface area contributed by atoms with Gasteiger partial charge in [-0.25, -0.2) is 0 Å². The van der Waals surface area contributed by atoms with Crippen molar-refractivity contribution in [2.75, 3.05) is 0 Å². The van der Waals surface area contributed by atoms with E-state index in [1.54, 1.807) is 12.2 Å². The molecule has 0 bridgehead atoms. The van der Waals surface area contributed by atoms with E-state index in [2.05, 4.69) is 5.32 Å². The quantitative estimate of drug-likeness (QED) is 0.575. The Hall–Kier alpha value is -1.09. The standard InChI is InChI=1S/C10H13NO2/c1-6-4-7-5-8(12)2-3-9(7)11-10(6)13/h2-3,6,8,12H,4-5H2,1H3,(H,11,13)/t6-,8?/m0/s1. The fourth-order valence-corrected chi connectivity index (χ4v) is 1.80. The molecule has 70 valence electrons. The number of hydrogen-bond acceptors (Lipinski definition) is 2. The van der Waals surface area contributed by atoms with E-state index in [9.17, 15) is 9.90 Å². The van der Waals surface area contributed by atoms with Crippen LogP contribution >= 0.6 is 0 Å². The summed E-state index contributed by atoms with van der Waals surface area (Å²) in [6.45, 7) is 1.91. The lowest BCUT2D eigenvalue weighted by molar-refractivity contribution is -0.124. The maximum atomic E-state index is 11.3. The van der Waals surface area contributed by atoms with Crippen molar-refractivity contribution in [1.82, 2.24) is 5.32 Å². The van der Waals surface area contributed by atoms with Crippen molar-refractivity contribution in [3.05, 3.63) is 23.4 Å². The summed E-state index contributed by atoms with van der Waals surface area (Å²) in [5.41, 5.74) is 2.07. The minimum Gasteiger partial charge on any atom is -0.389 e. The second kappa shape index (κ2) is 3.00. The van der Waals surface area contributed by atoms with E-state index < -0.39 is 0 Å². The fourth-order valence-electron chi connectivity index (χ4n) is 1.80. The monoisotopic (exact) mass is 179 g/mol. The normalized spacial score (nSPS) is 32.9. The Labute approximate surface area is 77.1 Å². The first-order valence-electron chi connectivity index (χ1n) is 4.56. The van der Waals surface area contributed by atoms with Crippen LogP contribution in [0, 0.1) is 5.92 Å². The predicted molar refractivity (Wildman–Crippen MR) is 48.7 cm³/mol. The van der Waals surface area contributed by atoms with E-state index in [1.165, 1.54) is 5.57 Å². The van der Waals surface area contributed by atoms with Crippen LogP contribution in [0.2, 0.25) is 0 Å². The number of rotatable bonds is 0. The first-order chi connectivity index (χ1) is 6.16. The summed E-state index contributed by atoms with van der Waals surface area (Å²) >= 11 is 0. The van der Waals surface area contributed by atoms with Crippen molar-refractivity contribution in [1.29, 1.82) is 0 Å². The Kier molecular flexibility index (Phi) is 1.96. The largest absolute Gasteiger partial charge is 0.389 e. The summed E-state index contributed by atoms with van der Waals surface area (Å²) in [7, 11) is 0. The van der Waals surface area contributed by atoms with Crippen molar-refractivity contribution in [3.63, 3.8) is 0 Å². The van der Waals surface area contributed by atoms with Crippen LogP contribution < -0.4 is 5.32 Å². The first-order valence-corrected chi connectivity index (χ1v) is 4.56. The molecule has 0 aromatic rings. The third-order valence-electron chi connectivity index (χ3n) is 2.58. The van der Waals surface area contributed by atoms with Crippen LogP contribution in [0.15, 0.2) is 23.4 Å². The van der Waals surface area contributed by atoms with Gasteiger partial charge in [-0.1, -0.05) is 13.0 Å². The molecule has 0 fully saturated rings. The molecule has 3 heteroatoms. The molecule has 2 N–H and O–H groups in total. The van der Waals surface area contributed by atoms with E-state index in [0.717, 1.165) is 12.1 Å². The molecule has 0 aromatic heterocycles. The van der Waals surface area contributed by atoms with E-state index in [0.29, 0.717) is 6.42 Å². The lowest BCUT2D eigenvalue weighted by Crippen LogP contribution is -2.35. The number of aliphatic hydroxyl groups excluding tert-OH is 1. The molecule has 0 saturated carbocycles. The highest BCUT2D eigenvalue weighted by atomic mass is 16.3. The van der Waals surface area contributed by atoms with Crippen LogP contribution in [-0.4, -0.2) is 17.1 Å². The van der Waals surface area contributed by atoms with Crippen LogP contribution in [0.1, 0.15) is 19.8 Å². The molecule has 3 nitrogen and oxygen atoms in total. The van der Waals surface area contributed by atoms with Crippen molar-refractivity contribution >= 4 is 5.91 Å². The van der Waals surface area contributed by atoms with Gasteiger partial charge in [-0.15, -0.1) is 0 Å². The van der Waals surface area contributed by atoms with Gasteiger partial charge >= 0.3 is 0 Å². The summed E-state index contributed by atoms with van der Waals surface area (Å²) in [5.74, 6) is 0.122. The molecule has 1 heterocycles. The minimum atomic E-state index is -0.374. The van der Waals surface area contributed by atoms with Gasteiger partial charge in [-0.05, 0) is 18.1 Å². The highest BCUT2D eigenvalue weighted by molar-refractivity contribution is 5.82. The second-order valence-electron chi connectivity index (χ2n) is 3.74. The smallest absolute Gasteiger partial charge is 0.227 e. The van der Waals surface area contributed by atoms with Crippen molar-refractivity contribution in [2.45, 2.75) is 25.9 Å². The van der Waals surface area contributed by atoms with Gasteiger partial charge in [0.2, 0.25) is 5.91 Å². The van der Waals surface area contributed by atoms with E-state index in [1.807, 2.05) is 6.92 Å². The summed E-state index contributed by atoms with van der Waals surface area (Å²) in [6.07, 6.45) is 4.59. The van der Waals surface area contributed by atoms with Crippen LogP contribution in [0.5, 0.6) is 0 Å². The van der Waals surface area contributed by atoms with Crippen molar-refractivity contribution in [3.8, 4) is 0 Å². The molecule has 1 unspecified atom stereocenters. The summed E-state index contributed by atoms with van der Waals surface area (Å²) < 4.78 is 0. The van der Waals surface area contributed by atoms with Gasteiger partial charge in [0.25, 0.3) is 0 Å². The maximum absolute atomic E-state index is 11.3. The van der Waals surface area contributed by atoms with E-state index >= 15 is 0 Å². The van der Waals surface area contributed by atoms with Gasteiger partial charge in [0.05, 0.1) is 6.10 Å². The van der Waals surface area contributed by atoms with Crippen LogP contribution in [-0.2, 0) is 4.79 Å². The van der Waals surface area contributed by atoms with Gasteiger partial charge in [0.1, 0.15) is 0 Å². The predicted octanol–water partition coefficient (Wildman–Crippen LogP) is 0.717. The van der Waals surface area contributed by atoms with Crippen LogP contribution in [0.4, 0.5) is 0 Å². The number of carbonyl (C=O) groups excluding carboxylic acids is 1. The van der Waals surface area contributed by atoms with Crippen molar-refractivity contribution in [2.24, 2.45) is 5.92 Å². The molecule has 0 radical (unpaired) electrons. The van der Waals surface area contributed by atoms with Crippen molar-refractivity contribution < 1.29 is 9.90 Å². The SMILES string of the molecule is C[C@H]1CC2=C(C=CC(O)C2)NC1=O. The molecule has 0 saturated heterocycles. The molecule has 1 aliphatic heterocycles. The second-order valence-corrected chi connectivity index (χ2v) is 3.74. The number of amides is 1. The Bertz CT molecular complexity index is 304. The molecular formula is C10H13NO2. The summed E-state index contributed by atoms with van der Waals surface area (Å²) in [5, 5.41) is 12.2.